The number of carbonyl (C=O) groups excluding carboxylic acids is 1. The van der Waals surface area contributed by atoms with Crippen LogP contribution in [0.25, 0.3) is 16.9 Å². The van der Waals surface area contributed by atoms with Crippen molar-refractivity contribution in [2.45, 2.75) is 25.4 Å². The number of anilines is 1. The Morgan fingerprint density at radius 2 is 1.97 bits per heavy atom. The van der Waals surface area contributed by atoms with Gasteiger partial charge in [-0.3, -0.25) is 0 Å². The van der Waals surface area contributed by atoms with Crippen molar-refractivity contribution in [1.82, 2.24) is 19.5 Å². The number of rotatable bonds is 4. The van der Waals surface area contributed by atoms with Crippen molar-refractivity contribution in [3.05, 3.63) is 47.8 Å². The molecule has 2 saturated heterocycles. The van der Waals surface area contributed by atoms with Crippen LogP contribution in [-0.2, 0) is 16.1 Å². The van der Waals surface area contributed by atoms with Crippen LogP contribution in [0.3, 0.4) is 0 Å². The van der Waals surface area contributed by atoms with Gasteiger partial charge in [-0.25, -0.2) is 14.3 Å². The van der Waals surface area contributed by atoms with Crippen molar-refractivity contribution in [1.29, 1.82) is 0 Å². The topological polar surface area (TPSA) is 92.4 Å². The molecule has 1 amide bonds. The van der Waals surface area contributed by atoms with E-state index in [-0.39, 0.29) is 18.6 Å². The molecule has 0 bridgehead atoms. The lowest BCUT2D eigenvalue weighted by Crippen LogP contribution is -2.38. The molecule has 174 valence electrons. The first-order chi connectivity index (χ1) is 16.2. The molecule has 9 heteroatoms. The number of aliphatic hydroxyl groups excluding tert-OH is 1. The first kappa shape index (κ1) is 21.7. The van der Waals surface area contributed by atoms with E-state index < -0.39 is 0 Å². The molecule has 2 aliphatic rings. The van der Waals surface area contributed by atoms with Crippen LogP contribution < -0.4 is 4.90 Å². The number of piperidine rings is 1. The van der Waals surface area contributed by atoms with E-state index in [0.29, 0.717) is 26.3 Å². The van der Waals surface area contributed by atoms with Crippen molar-refractivity contribution in [3.63, 3.8) is 0 Å². The van der Waals surface area contributed by atoms with Crippen molar-refractivity contribution >= 4 is 17.4 Å². The van der Waals surface area contributed by atoms with E-state index >= 15 is 0 Å². The average molecular weight is 452 g/mol. The minimum absolute atomic E-state index is 0.0124. The van der Waals surface area contributed by atoms with Gasteiger partial charge in [0.2, 0.25) is 0 Å². The number of morpholine rings is 1. The van der Waals surface area contributed by atoms with E-state index in [1.165, 1.54) is 7.11 Å². The molecule has 0 saturated carbocycles. The minimum Gasteiger partial charge on any atom is -0.453 e. The number of ether oxygens (including phenoxy) is 2. The maximum Gasteiger partial charge on any atom is 0.409 e. The molecule has 3 aromatic rings. The molecule has 33 heavy (non-hydrogen) atoms. The number of hydrogen-bond acceptors (Lipinski definition) is 7. The van der Waals surface area contributed by atoms with E-state index in [4.69, 9.17) is 19.6 Å². The molecule has 1 N–H and O–H groups in total. The number of carbonyl (C=O) groups is 1. The number of methoxy groups -OCH3 is 1. The van der Waals surface area contributed by atoms with E-state index in [9.17, 15) is 9.90 Å². The lowest BCUT2D eigenvalue weighted by Gasteiger charge is -2.31. The molecule has 2 aromatic heterocycles. The summed E-state index contributed by atoms with van der Waals surface area (Å²) < 4.78 is 12.4. The van der Waals surface area contributed by atoms with Gasteiger partial charge in [0.25, 0.3) is 0 Å². The number of nitrogens with zero attached hydrogens (tertiary/aromatic N) is 5. The number of benzene rings is 1. The highest BCUT2D eigenvalue weighted by molar-refractivity contribution is 5.75. The monoisotopic (exact) mass is 451 g/mol. The van der Waals surface area contributed by atoms with E-state index in [1.54, 1.807) is 4.90 Å². The molecular weight excluding hydrogens is 422 g/mol. The van der Waals surface area contributed by atoms with Crippen LogP contribution in [0.1, 0.15) is 30.0 Å². The molecule has 0 aliphatic carbocycles. The quantitative estimate of drug-likeness (QED) is 0.652. The summed E-state index contributed by atoms with van der Waals surface area (Å²) in [5.74, 6) is 0.255. The highest BCUT2D eigenvalue weighted by Gasteiger charge is 2.28. The van der Waals surface area contributed by atoms with Gasteiger partial charge in [-0.2, -0.15) is 5.10 Å². The Bertz CT molecular complexity index is 1130. The van der Waals surface area contributed by atoms with Crippen molar-refractivity contribution < 1.29 is 19.4 Å². The molecule has 9 nitrogen and oxygen atoms in total. The predicted molar refractivity (Wildman–Crippen MR) is 123 cm³/mol. The zero-order valence-electron chi connectivity index (χ0n) is 18.8. The molecule has 5 rings (SSSR count). The lowest BCUT2D eigenvalue weighted by atomic mass is 9.94. The molecule has 2 fully saturated rings. The maximum atomic E-state index is 11.9. The summed E-state index contributed by atoms with van der Waals surface area (Å²) in [5, 5.41) is 14.6. The zero-order valence-corrected chi connectivity index (χ0v) is 18.8. The van der Waals surface area contributed by atoms with Gasteiger partial charge in [0.05, 0.1) is 50.2 Å². The highest BCUT2D eigenvalue weighted by atomic mass is 16.5. The Morgan fingerprint density at radius 1 is 1.18 bits per heavy atom. The number of aromatic nitrogens is 3. The Morgan fingerprint density at radius 3 is 2.70 bits per heavy atom. The fourth-order valence-corrected chi connectivity index (χ4v) is 4.74. The molecular formula is C24H29N5O4. The van der Waals surface area contributed by atoms with Gasteiger partial charge in [0.1, 0.15) is 0 Å². The summed E-state index contributed by atoms with van der Waals surface area (Å²) in [5.41, 5.74) is 5.58. The van der Waals surface area contributed by atoms with Crippen LogP contribution in [0.4, 0.5) is 10.5 Å². The highest BCUT2D eigenvalue weighted by Crippen LogP contribution is 2.33. The first-order valence-corrected chi connectivity index (χ1v) is 11.4. The van der Waals surface area contributed by atoms with Gasteiger partial charge in [0, 0.05) is 37.7 Å². The molecule has 0 radical (unpaired) electrons. The minimum atomic E-state index is -0.273. The van der Waals surface area contributed by atoms with Crippen molar-refractivity contribution in [3.8, 4) is 11.3 Å². The van der Waals surface area contributed by atoms with Gasteiger partial charge in [-0.15, -0.1) is 0 Å². The lowest BCUT2D eigenvalue weighted by molar-refractivity contribution is 0.112. The van der Waals surface area contributed by atoms with Crippen LogP contribution in [-0.4, -0.2) is 77.2 Å². The second-order valence-corrected chi connectivity index (χ2v) is 8.52. The van der Waals surface area contributed by atoms with Gasteiger partial charge in [0.15, 0.2) is 5.65 Å². The van der Waals surface area contributed by atoms with Gasteiger partial charge < -0.3 is 24.4 Å². The summed E-state index contributed by atoms with van der Waals surface area (Å²) in [6, 6.07) is 9.93. The van der Waals surface area contributed by atoms with Crippen molar-refractivity contribution in [2.75, 3.05) is 51.4 Å². The molecule has 0 spiro atoms. The van der Waals surface area contributed by atoms with Crippen LogP contribution in [0.2, 0.25) is 0 Å². The normalized spacial score (nSPS) is 17.5. The number of hydrogen-bond donors (Lipinski definition) is 1. The number of imidazole rings is 1. The van der Waals surface area contributed by atoms with Crippen LogP contribution in [0.5, 0.6) is 0 Å². The maximum absolute atomic E-state index is 11.9. The third-order valence-corrected chi connectivity index (χ3v) is 6.58. The van der Waals surface area contributed by atoms with Crippen LogP contribution in [0.15, 0.2) is 36.5 Å². The third-order valence-electron chi connectivity index (χ3n) is 6.58. The van der Waals surface area contributed by atoms with Crippen LogP contribution in [0, 0.1) is 0 Å². The number of likely N-dealkylation sites (tertiary alicyclic amines) is 1. The summed E-state index contributed by atoms with van der Waals surface area (Å²) in [6.45, 7) is 4.26. The summed E-state index contributed by atoms with van der Waals surface area (Å²) in [4.78, 5) is 20.7. The molecule has 0 unspecified atom stereocenters. The van der Waals surface area contributed by atoms with Crippen molar-refractivity contribution in [2.24, 2.45) is 0 Å². The van der Waals surface area contributed by atoms with Gasteiger partial charge >= 0.3 is 6.09 Å². The second kappa shape index (κ2) is 9.36. The largest absolute Gasteiger partial charge is 0.453 e. The standard InChI is InChI=1S/C24H29N5O4/c1-32-24(31)28-7-5-18(6-8-28)22-15-25-23-21(27-9-11-33-12-10-27)14-20(26-29(22)23)19-4-2-3-17(13-19)16-30/h2-4,13-15,18,30H,5-12,16H2,1H3. The van der Waals surface area contributed by atoms with Gasteiger partial charge in [-0.1, -0.05) is 18.2 Å². The predicted octanol–water partition coefficient (Wildman–Crippen LogP) is 2.67. The number of aliphatic hydroxyl groups is 1. The Balaban J connectivity index is 1.55. The molecule has 0 atom stereocenters. The summed E-state index contributed by atoms with van der Waals surface area (Å²) >= 11 is 0. The summed E-state index contributed by atoms with van der Waals surface area (Å²) in [6.07, 6.45) is 3.33. The molecule has 1 aromatic carbocycles. The zero-order chi connectivity index (χ0) is 22.8. The Hall–Kier alpha value is -3.17. The molecule has 4 heterocycles. The number of amides is 1. The Labute approximate surface area is 192 Å². The summed E-state index contributed by atoms with van der Waals surface area (Å²) in [7, 11) is 1.42. The van der Waals surface area contributed by atoms with E-state index in [1.807, 2.05) is 35.0 Å². The Kier molecular flexibility index (Phi) is 6.15. The third kappa shape index (κ3) is 4.26. The number of fused-ring (bicyclic) bond motifs is 1. The fourth-order valence-electron chi connectivity index (χ4n) is 4.74. The first-order valence-electron chi connectivity index (χ1n) is 11.4. The SMILES string of the molecule is COC(=O)N1CCC(c2cnc3c(N4CCOCC4)cc(-c4cccc(CO)c4)nn23)CC1. The fraction of sp³-hybridized carbons (Fsp3) is 0.458. The molecule has 2 aliphatic heterocycles. The smallest absolute Gasteiger partial charge is 0.409 e. The van der Waals surface area contributed by atoms with Crippen LogP contribution >= 0.6 is 0 Å². The van der Waals surface area contributed by atoms with Gasteiger partial charge in [-0.05, 0) is 30.5 Å². The van der Waals surface area contributed by atoms with E-state index in [2.05, 4.69) is 11.0 Å². The van der Waals surface area contributed by atoms with E-state index in [0.717, 1.165) is 59.8 Å². The average Bonchev–Trinajstić information content (AvgIpc) is 3.32. The second-order valence-electron chi connectivity index (χ2n) is 8.52.